The van der Waals surface area contributed by atoms with Crippen molar-refractivity contribution in [1.29, 1.82) is 0 Å². The third kappa shape index (κ3) is 4.86. The summed E-state index contributed by atoms with van der Waals surface area (Å²) in [5.74, 6) is 0.438. The lowest BCUT2D eigenvalue weighted by molar-refractivity contribution is -0.141. The van der Waals surface area contributed by atoms with Gasteiger partial charge >= 0.3 is 6.18 Å². The summed E-state index contributed by atoms with van der Waals surface area (Å²) in [4.78, 5) is 26.1. The largest absolute Gasteiger partial charge is 0.433 e. The van der Waals surface area contributed by atoms with Gasteiger partial charge in [0.25, 0.3) is 0 Å². The summed E-state index contributed by atoms with van der Waals surface area (Å²) in [6.45, 7) is 2.61. The second-order valence-electron chi connectivity index (χ2n) is 7.80. The molecule has 1 aromatic rings. The molecule has 6 nitrogen and oxygen atoms in total. The highest BCUT2D eigenvalue weighted by Crippen LogP contribution is 2.32. The first-order valence-corrected chi connectivity index (χ1v) is 9.93. The van der Waals surface area contributed by atoms with Crippen LogP contribution in [0.3, 0.4) is 0 Å². The van der Waals surface area contributed by atoms with Gasteiger partial charge in [0.05, 0.1) is 0 Å². The van der Waals surface area contributed by atoms with Gasteiger partial charge in [-0.2, -0.15) is 18.2 Å². The Bertz CT molecular complexity index is 679. The molecule has 2 aliphatic rings. The molecule has 2 fully saturated rings. The number of hydrogen-bond acceptors (Lipinski definition) is 5. The zero-order chi connectivity index (χ0) is 20.3. The van der Waals surface area contributed by atoms with Crippen molar-refractivity contribution in [3.8, 4) is 0 Å². The van der Waals surface area contributed by atoms with Crippen LogP contribution < -0.4 is 9.80 Å². The number of carbonyl (C=O) groups is 1. The summed E-state index contributed by atoms with van der Waals surface area (Å²) in [5.41, 5.74) is -0.941. The lowest BCUT2D eigenvalue weighted by Crippen LogP contribution is -2.43. The number of hydrogen-bond donors (Lipinski definition) is 0. The highest BCUT2D eigenvalue weighted by Gasteiger charge is 2.35. The summed E-state index contributed by atoms with van der Waals surface area (Å²) < 4.78 is 39.6. The van der Waals surface area contributed by atoms with Crippen LogP contribution in [0.15, 0.2) is 6.07 Å². The van der Waals surface area contributed by atoms with E-state index in [1.165, 1.54) is 17.7 Å². The molecule has 0 atom stereocenters. The predicted octanol–water partition coefficient (Wildman–Crippen LogP) is 3.18. The standard InChI is InChI=1S/C19H28F3N5O/c1-25(2)16-13-15(19(20,21)22)23-18(24-16)27-11-7-14(8-12-27)17(28)26-9-5-3-4-6-10-26/h13-14H,3-12H2,1-2H3. The van der Waals surface area contributed by atoms with Crippen molar-refractivity contribution in [1.82, 2.24) is 14.9 Å². The number of nitrogens with zero attached hydrogens (tertiary/aromatic N) is 5. The molecule has 28 heavy (non-hydrogen) atoms. The van der Waals surface area contributed by atoms with E-state index in [9.17, 15) is 18.0 Å². The molecule has 0 bridgehead atoms. The van der Waals surface area contributed by atoms with E-state index >= 15 is 0 Å². The number of carbonyl (C=O) groups excluding carboxylic acids is 1. The fraction of sp³-hybridized carbons (Fsp3) is 0.737. The lowest BCUT2D eigenvalue weighted by atomic mass is 9.95. The van der Waals surface area contributed by atoms with E-state index in [1.807, 2.05) is 4.90 Å². The Labute approximate surface area is 163 Å². The van der Waals surface area contributed by atoms with Crippen LogP contribution in [0.4, 0.5) is 24.9 Å². The van der Waals surface area contributed by atoms with E-state index in [0.29, 0.717) is 25.9 Å². The molecule has 3 rings (SSSR count). The first-order valence-electron chi connectivity index (χ1n) is 9.93. The Kier molecular flexibility index (Phi) is 6.30. The van der Waals surface area contributed by atoms with Crippen LogP contribution in [-0.4, -0.2) is 61.0 Å². The number of amides is 1. The monoisotopic (exact) mass is 399 g/mol. The van der Waals surface area contributed by atoms with Crippen LogP contribution in [-0.2, 0) is 11.0 Å². The molecule has 2 aliphatic heterocycles. The molecule has 3 heterocycles. The number of aromatic nitrogens is 2. The Hall–Kier alpha value is -2.06. The minimum atomic E-state index is -4.52. The normalized spacial score (nSPS) is 19.5. The van der Waals surface area contributed by atoms with Gasteiger partial charge in [-0.1, -0.05) is 12.8 Å². The van der Waals surface area contributed by atoms with Crippen LogP contribution in [0.1, 0.15) is 44.2 Å². The van der Waals surface area contributed by atoms with Gasteiger partial charge in [0, 0.05) is 52.3 Å². The van der Waals surface area contributed by atoms with Crippen molar-refractivity contribution < 1.29 is 18.0 Å². The number of anilines is 2. The molecule has 0 saturated carbocycles. The molecule has 0 unspecified atom stereocenters. The fourth-order valence-corrected chi connectivity index (χ4v) is 3.81. The van der Waals surface area contributed by atoms with E-state index in [1.54, 1.807) is 19.0 Å². The van der Waals surface area contributed by atoms with Crippen LogP contribution >= 0.6 is 0 Å². The first-order chi connectivity index (χ1) is 13.3. The molecule has 0 radical (unpaired) electrons. The molecule has 9 heteroatoms. The highest BCUT2D eigenvalue weighted by molar-refractivity contribution is 5.79. The van der Waals surface area contributed by atoms with Crippen LogP contribution in [0.5, 0.6) is 0 Å². The quantitative estimate of drug-likeness (QED) is 0.782. The SMILES string of the molecule is CN(C)c1cc(C(F)(F)F)nc(N2CCC(C(=O)N3CCCCCC3)CC2)n1. The highest BCUT2D eigenvalue weighted by atomic mass is 19.4. The Morgan fingerprint density at radius 1 is 1.04 bits per heavy atom. The number of likely N-dealkylation sites (tertiary alicyclic amines) is 1. The zero-order valence-corrected chi connectivity index (χ0v) is 16.5. The molecule has 1 aromatic heterocycles. The smallest absolute Gasteiger partial charge is 0.363 e. The molecular weight excluding hydrogens is 371 g/mol. The molecule has 0 aromatic carbocycles. The number of piperidine rings is 1. The molecule has 2 saturated heterocycles. The van der Waals surface area contributed by atoms with E-state index in [0.717, 1.165) is 32.0 Å². The Morgan fingerprint density at radius 2 is 1.64 bits per heavy atom. The third-order valence-corrected chi connectivity index (χ3v) is 5.49. The molecule has 0 spiro atoms. The van der Waals surface area contributed by atoms with Gasteiger partial charge in [-0.25, -0.2) is 4.98 Å². The van der Waals surface area contributed by atoms with Crippen molar-refractivity contribution in [3.05, 3.63) is 11.8 Å². The maximum absolute atomic E-state index is 13.2. The maximum Gasteiger partial charge on any atom is 0.433 e. The van der Waals surface area contributed by atoms with Crippen molar-refractivity contribution in [3.63, 3.8) is 0 Å². The fourth-order valence-electron chi connectivity index (χ4n) is 3.81. The summed E-state index contributed by atoms with van der Waals surface area (Å²) in [7, 11) is 3.30. The van der Waals surface area contributed by atoms with Crippen molar-refractivity contribution >= 4 is 17.7 Å². The Morgan fingerprint density at radius 3 is 2.18 bits per heavy atom. The van der Waals surface area contributed by atoms with Crippen LogP contribution in [0, 0.1) is 5.92 Å². The zero-order valence-electron chi connectivity index (χ0n) is 16.5. The van der Waals surface area contributed by atoms with Gasteiger partial charge in [-0.3, -0.25) is 4.79 Å². The van der Waals surface area contributed by atoms with E-state index in [-0.39, 0.29) is 23.6 Å². The number of halogens is 3. The predicted molar refractivity (Wildman–Crippen MR) is 101 cm³/mol. The molecule has 1 amide bonds. The summed E-state index contributed by atoms with van der Waals surface area (Å²) in [6, 6.07) is 0.957. The average Bonchev–Trinajstić information content (AvgIpc) is 2.96. The van der Waals surface area contributed by atoms with E-state index in [4.69, 9.17) is 0 Å². The lowest BCUT2D eigenvalue weighted by Gasteiger charge is -2.34. The van der Waals surface area contributed by atoms with Gasteiger partial charge < -0.3 is 14.7 Å². The van der Waals surface area contributed by atoms with Gasteiger partial charge in [0.15, 0.2) is 5.69 Å². The average molecular weight is 399 g/mol. The molecule has 0 N–H and O–H groups in total. The summed E-state index contributed by atoms with van der Waals surface area (Å²) in [6.07, 6.45) is 1.15. The van der Waals surface area contributed by atoms with E-state index in [2.05, 4.69) is 9.97 Å². The molecule has 156 valence electrons. The minimum Gasteiger partial charge on any atom is -0.363 e. The van der Waals surface area contributed by atoms with Gasteiger partial charge in [-0.15, -0.1) is 0 Å². The number of alkyl halides is 3. The van der Waals surface area contributed by atoms with E-state index < -0.39 is 11.9 Å². The van der Waals surface area contributed by atoms with Gasteiger partial charge in [0.2, 0.25) is 11.9 Å². The van der Waals surface area contributed by atoms with Gasteiger partial charge in [0.1, 0.15) is 5.82 Å². The second-order valence-corrected chi connectivity index (χ2v) is 7.80. The topological polar surface area (TPSA) is 52.6 Å². The summed E-state index contributed by atoms with van der Waals surface area (Å²) in [5, 5.41) is 0. The minimum absolute atomic E-state index is 0.0616. The Balaban J connectivity index is 1.69. The number of rotatable bonds is 3. The van der Waals surface area contributed by atoms with Crippen molar-refractivity contribution in [2.45, 2.75) is 44.7 Å². The van der Waals surface area contributed by atoms with Crippen LogP contribution in [0.25, 0.3) is 0 Å². The first kappa shape index (κ1) is 20.7. The van der Waals surface area contributed by atoms with Gasteiger partial charge in [-0.05, 0) is 25.7 Å². The second kappa shape index (κ2) is 8.53. The maximum atomic E-state index is 13.2. The summed E-state index contributed by atoms with van der Waals surface area (Å²) >= 11 is 0. The van der Waals surface area contributed by atoms with Crippen LogP contribution in [0.2, 0.25) is 0 Å². The molecule has 0 aliphatic carbocycles. The van der Waals surface area contributed by atoms with Crippen molar-refractivity contribution in [2.24, 2.45) is 5.92 Å². The third-order valence-electron chi connectivity index (χ3n) is 5.49. The van der Waals surface area contributed by atoms with Crippen molar-refractivity contribution in [2.75, 3.05) is 50.1 Å². The molecular formula is C19H28F3N5O.